The van der Waals surface area contributed by atoms with Gasteiger partial charge in [-0.3, -0.25) is 4.79 Å². The lowest BCUT2D eigenvalue weighted by molar-refractivity contribution is 0.0303. The normalized spacial score (nSPS) is 14.3. The summed E-state index contributed by atoms with van der Waals surface area (Å²) in [5.74, 6) is 1.10. The molecule has 3 aromatic carbocycles. The number of carbonyl (C=O) groups excluding carboxylic acids is 1. The molecule has 0 aliphatic carbocycles. The molecule has 0 aromatic heterocycles. The van der Waals surface area contributed by atoms with Gasteiger partial charge < -0.3 is 14.4 Å². The maximum atomic E-state index is 12.9. The summed E-state index contributed by atoms with van der Waals surface area (Å²) < 4.78 is 36.8. The topological polar surface area (TPSA) is 72.9 Å². The van der Waals surface area contributed by atoms with Gasteiger partial charge in [0, 0.05) is 18.7 Å². The zero-order valence-electron chi connectivity index (χ0n) is 16.2. The third kappa shape index (κ3) is 4.37. The molecule has 1 aliphatic rings. The minimum absolute atomic E-state index is 0.121. The Hall–Kier alpha value is -3.16. The Morgan fingerprint density at radius 3 is 1.90 bits per heavy atom. The Morgan fingerprint density at radius 2 is 1.30 bits per heavy atom. The zero-order chi connectivity index (χ0) is 21.0. The van der Waals surface area contributed by atoms with Crippen molar-refractivity contribution in [2.24, 2.45) is 0 Å². The molecule has 0 spiro atoms. The number of nitrogens with zero attached hydrogens (tertiary/aromatic N) is 1. The molecule has 1 aliphatic heterocycles. The van der Waals surface area contributed by atoms with Crippen LogP contribution in [0.25, 0.3) is 0 Å². The third-order valence-corrected chi connectivity index (χ3v) is 6.61. The zero-order valence-corrected chi connectivity index (χ0v) is 17.0. The van der Waals surface area contributed by atoms with E-state index < -0.39 is 9.84 Å². The monoisotopic (exact) mass is 423 g/mol. The molecule has 0 radical (unpaired) electrons. The van der Waals surface area contributed by atoms with E-state index in [0.717, 1.165) is 0 Å². The highest BCUT2D eigenvalue weighted by Crippen LogP contribution is 2.26. The van der Waals surface area contributed by atoms with Crippen molar-refractivity contribution in [3.63, 3.8) is 0 Å². The molecule has 0 atom stereocenters. The second-order valence-corrected chi connectivity index (χ2v) is 8.77. The van der Waals surface area contributed by atoms with Gasteiger partial charge >= 0.3 is 0 Å². The SMILES string of the molecule is O=C(c1ccc(S(=O)(=O)c2ccc(Oc3ccccc3)cc2)cc1)N1CCOCC1. The fraction of sp³-hybridized carbons (Fsp3) is 0.174. The minimum Gasteiger partial charge on any atom is -0.457 e. The van der Waals surface area contributed by atoms with E-state index in [9.17, 15) is 13.2 Å². The summed E-state index contributed by atoms with van der Waals surface area (Å²) >= 11 is 0. The first-order valence-electron chi connectivity index (χ1n) is 9.59. The summed E-state index contributed by atoms with van der Waals surface area (Å²) in [6.45, 7) is 2.11. The van der Waals surface area contributed by atoms with Crippen molar-refractivity contribution in [1.29, 1.82) is 0 Å². The highest BCUT2D eigenvalue weighted by Gasteiger charge is 2.21. The van der Waals surface area contributed by atoms with Crippen molar-refractivity contribution in [2.75, 3.05) is 26.3 Å². The quantitative estimate of drug-likeness (QED) is 0.624. The van der Waals surface area contributed by atoms with Crippen LogP contribution in [0.2, 0.25) is 0 Å². The minimum atomic E-state index is -3.70. The van der Waals surface area contributed by atoms with Gasteiger partial charge in [0.1, 0.15) is 11.5 Å². The molecule has 1 saturated heterocycles. The number of ether oxygens (including phenoxy) is 2. The number of hydrogen-bond acceptors (Lipinski definition) is 5. The fourth-order valence-corrected chi connectivity index (χ4v) is 4.43. The van der Waals surface area contributed by atoms with Gasteiger partial charge in [-0.1, -0.05) is 18.2 Å². The fourth-order valence-electron chi connectivity index (χ4n) is 3.17. The number of hydrogen-bond donors (Lipinski definition) is 0. The van der Waals surface area contributed by atoms with E-state index in [0.29, 0.717) is 43.4 Å². The maximum absolute atomic E-state index is 12.9. The van der Waals surface area contributed by atoms with E-state index in [1.54, 1.807) is 29.2 Å². The summed E-state index contributed by atoms with van der Waals surface area (Å²) in [6, 6.07) is 21.6. The second kappa shape index (κ2) is 8.69. The molecule has 7 heteroatoms. The molecule has 3 aromatic rings. The van der Waals surface area contributed by atoms with Crippen LogP contribution in [-0.4, -0.2) is 45.5 Å². The molecule has 4 rings (SSSR count). The van der Waals surface area contributed by atoms with Gasteiger partial charge in [-0.05, 0) is 60.7 Å². The van der Waals surface area contributed by atoms with Crippen LogP contribution in [0, 0.1) is 0 Å². The first kappa shape index (κ1) is 20.1. The molecular formula is C23H21NO5S. The number of amides is 1. The first-order valence-corrected chi connectivity index (χ1v) is 11.1. The van der Waals surface area contributed by atoms with E-state index in [-0.39, 0.29) is 15.7 Å². The number of para-hydroxylation sites is 1. The molecule has 154 valence electrons. The van der Waals surface area contributed by atoms with Crippen molar-refractivity contribution < 1.29 is 22.7 Å². The average molecular weight is 423 g/mol. The predicted octanol–water partition coefficient (Wildman–Crippen LogP) is 3.78. The Labute approximate surface area is 175 Å². The molecule has 0 bridgehead atoms. The number of rotatable bonds is 5. The van der Waals surface area contributed by atoms with Crippen molar-refractivity contribution in [2.45, 2.75) is 9.79 Å². The molecule has 1 amide bonds. The van der Waals surface area contributed by atoms with Crippen LogP contribution in [0.5, 0.6) is 11.5 Å². The largest absolute Gasteiger partial charge is 0.457 e. The lowest BCUT2D eigenvalue weighted by Gasteiger charge is -2.26. The number of benzene rings is 3. The van der Waals surface area contributed by atoms with Crippen molar-refractivity contribution in [3.05, 3.63) is 84.4 Å². The van der Waals surface area contributed by atoms with Crippen LogP contribution >= 0.6 is 0 Å². The molecule has 30 heavy (non-hydrogen) atoms. The number of morpholine rings is 1. The van der Waals surface area contributed by atoms with E-state index in [4.69, 9.17) is 9.47 Å². The van der Waals surface area contributed by atoms with Gasteiger partial charge in [-0.15, -0.1) is 0 Å². The van der Waals surface area contributed by atoms with Gasteiger partial charge in [0.15, 0.2) is 0 Å². The molecule has 0 saturated carbocycles. The highest BCUT2D eigenvalue weighted by molar-refractivity contribution is 7.91. The summed E-state index contributed by atoms with van der Waals surface area (Å²) in [5.41, 5.74) is 0.461. The lowest BCUT2D eigenvalue weighted by atomic mass is 10.2. The van der Waals surface area contributed by atoms with Crippen LogP contribution in [0.3, 0.4) is 0 Å². The second-order valence-electron chi connectivity index (χ2n) is 6.82. The van der Waals surface area contributed by atoms with E-state index in [1.807, 2.05) is 30.3 Å². The maximum Gasteiger partial charge on any atom is 0.254 e. The van der Waals surface area contributed by atoms with Gasteiger partial charge in [-0.25, -0.2) is 8.42 Å². The Kier molecular flexibility index (Phi) is 5.83. The summed E-state index contributed by atoms with van der Waals surface area (Å²) in [4.78, 5) is 14.5. The summed E-state index contributed by atoms with van der Waals surface area (Å²) in [7, 11) is -3.70. The number of sulfone groups is 1. The number of carbonyl (C=O) groups is 1. The first-order chi connectivity index (χ1) is 14.5. The molecule has 1 heterocycles. The van der Waals surface area contributed by atoms with E-state index >= 15 is 0 Å². The lowest BCUT2D eigenvalue weighted by Crippen LogP contribution is -2.40. The highest BCUT2D eigenvalue weighted by atomic mass is 32.2. The third-order valence-electron chi connectivity index (χ3n) is 4.82. The van der Waals surface area contributed by atoms with Crippen molar-refractivity contribution in [1.82, 2.24) is 4.90 Å². The van der Waals surface area contributed by atoms with Gasteiger partial charge in [-0.2, -0.15) is 0 Å². The summed E-state index contributed by atoms with van der Waals surface area (Å²) in [6.07, 6.45) is 0. The Morgan fingerprint density at radius 1 is 0.767 bits per heavy atom. The van der Waals surface area contributed by atoms with Gasteiger partial charge in [0.2, 0.25) is 9.84 Å². The van der Waals surface area contributed by atoms with Crippen LogP contribution in [0.1, 0.15) is 10.4 Å². The van der Waals surface area contributed by atoms with Crippen LogP contribution < -0.4 is 4.74 Å². The molecule has 0 unspecified atom stereocenters. The van der Waals surface area contributed by atoms with Crippen molar-refractivity contribution in [3.8, 4) is 11.5 Å². The van der Waals surface area contributed by atoms with Gasteiger partial charge in [0.05, 0.1) is 23.0 Å². The van der Waals surface area contributed by atoms with Crippen LogP contribution in [0.15, 0.2) is 88.7 Å². The molecule has 1 fully saturated rings. The smallest absolute Gasteiger partial charge is 0.254 e. The Balaban J connectivity index is 1.49. The predicted molar refractivity (Wildman–Crippen MR) is 112 cm³/mol. The molecule has 6 nitrogen and oxygen atoms in total. The summed E-state index contributed by atoms with van der Waals surface area (Å²) in [5, 5.41) is 0. The van der Waals surface area contributed by atoms with Crippen LogP contribution in [0.4, 0.5) is 0 Å². The Bertz CT molecular complexity index is 1100. The van der Waals surface area contributed by atoms with Gasteiger partial charge in [0.25, 0.3) is 5.91 Å². The average Bonchev–Trinajstić information content (AvgIpc) is 2.80. The van der Waals surface area contributed by atoms with Crippen LogP contribution in [-0.2, 0) is 14.6 Å². The van der Waals surface area contributed by atoms with E-state index in [2.05, 4.69) is 0 Å². The van der Waals surface area contributed by atoms with Crippen molar-refractivity contribution >= 4 is 15.7 Å². The molecule has 0 N–H and O–H groups in total. The molecular weight excluding hydrogens is 402 g/mol. The van der Waals surface area contributed by atoms with E-state index in [1.165, 1.54) is 24.3 Å². The standard InChI is InChI=1S/C23H21NO5S/c25-23(24-14-16-28-17-15-24)18-6-10-21(11-7-18)30(26,27)22-12-8-20(9-13-22)29-19-4-2-1-3-5-19/h1-13H,14-17H2.